The van der Waals surface area contributed by atoms with Gasteiger partial charge in [-0.15, -0.1) is 0 Å². The first kappa shape index (κ1) is 17.9. The molecule has 0 saturated carbocycles. The molecule has 0 aromatic heterocycles. The molecule has 3 aromatic carbocycles. The van der Waals surface area contributed by atoms with Crippen LogP contribution in [-0.4, -0.2) is 24.7 Å². The molecule has 5 heteroatoms. The number of nitrogens with one attached hydrogen (secondary N) is 1. The van der Waals surface area contributed by atoms with E-state index in [1.165, 1.54) is 12.7 Å². The number of rotatable bonds is 5. The van der Waals surface area contributed by atoms with Crippen LogP contribution in [0.25, 0.3) is 0 Å². The van der Waals surface area contributed by atoms with Crippen molar-refractivity contribution in [1.29, 1.82) is 0 Å². The van der Waals surface area contributed by atoms with Crippen molar-refractivity contribution in [2.24, 2.45) is 0 Å². The third-order valence-corrected chi connectivity index (χ3v) is 5.04. The number of carbonyl (C=O) groups excluding carboxylic acids is 1. The molecule has 0 radical (unpaired) electrons. The largest absolute Gasteiger partial charge is 0.504 e. The minimum atomic E-state index is -0.347. The summed E-state index contributed by atoms with van der Waals surface area (Å²) in [6.45, 7) is 0.731. The predicted octanol–water partition coefficient (Wildman–Crippen LogP) is 3.89. The predicted molar refractivity (Wildman–Crippen MR) is 109 cm³/mol. The van der Waals surface area contributed by atoms with Gasteiger partial charge in [0.15, 0.2) is 11.5 Å². The normalized spacial score (nSPS) is 15.7. The lowest BCUT2D eigenvalue weighted by molar-refractivity contribution is 0.0926. The molecule has 0 bridgehead atoms. The van der Waals surface area contributed by atoms with Crippen LogP contribution >= 0.6 is 0 Å². The number of phenols is 1. The molecule has 28 heavy (non-hydrogen) atoms. The fraction of sp³-hybridized carbons (Fsp3) is 0.174. The number of ether oxygens (including phenoxy) is 1. The number of anilines is 1. The van der Waals surface area contributed by atoms with Crippen LogP contribution in [0.2, 0.25) is 0 Å². The summed E-state index contributed by atoms with van der Waals surface area (Å²) in [6, 6.07) is 23.1. The second-order valence-corrected chi connectivity index (χ2v) is 6.75. The van der Waals surface area contributed by atoms with Gasteiger partial charge in [-0.25, -0.2) is 0 Å². The van der Waals surface area contributed by atoms with Gasteiger partial charge in [-0.2, -0.15) is 0 Å². The van der Waals surface area contributed by atoms with Crippen molar-refractivity contribution in [3.63, 3.8) is 0 Å². The Morgan fingerprint density at radius 3 is 2.57 bits per heavy atom. The van der Waals surface area contributed by atoms with Gasteiger partial charge in [0.2, 0.25) is 0 Å². The molecule has 0 aliphatic carbocycles. The first-order chi connectivity index (χ1) is 13.7. The minimum Gasteiger partial charge on any atom is -0.504 e. The summed E-state index contributed by atoms with van der Waals surface area (Å²) in [4.78, 5) is 14.9. The molecule has 5 nitrogen and oxygen atoms in total. The number of nitrogens with zero attached hydrogens (tertiary/aromatic N) is 1. The molecule has 142 valence electrons. The van der Waals surface area contributed by atoms with Crippen molar-refractivity contribution < 1.29 is 14.6 Å². The smallest absolute Gasteiger partial charge is 0.255 e. The number of para-hydroxylation sites is 1. The highest BCUT2D eigenvalue weighted by Crippen LogP contribution is 2.36. The average Bonchev–Trinajstić information content (AvgIpc) is 2.74. The number of fused-ring (bicyclic) bond motifs is 1. The fourth-order valence-corrected chi connectivity index (χ4v) is 3.61. The summed E-state index contributed by atoms with van der Waals surface area (Å²) >= 11 is 0. The minimum absolute atomic E-state index is 0.0737. The molecule has 0 unspecified atom stereocenters. The van der Waals surface area contributed by atoms with E-state index in [0.29, 0.717) is 11.3 Å². The Morgan fingerprint density at radius 1 is 1.04 bits per heavy atom. The van der Waals surface area contributed by atoms with Gasteiger partial charge in [0.05, 0.1) is 18.4 Å². The summed E-state index contributed by atoms with van der Waals surface area (Å²) in [7, 11) is 1.51. The maximum atomic E-state index is 12.7. The summed E-state index contributed by atoms with van der Waals surface area (Å²) in [5.41, 5.74) is 3.65. The number of hydrogen-bond donors (Lipinski definition) is 2. The topological polar surface area (TPSA) is 61.8 Å². The zero-order valence-electron chi connectivity index (χ0n) is 15.6. The summed E-state index contributed by atoms with van der Waals surface area (Å²) in [5, 5.41) is 13.0. The Morgan fingerprint density at radius 2 is 1.79 bits per heavy atom. The maximum absolute atomic E-state index is 12.7. The number of methoxy groups -OCH3 is 1. The maximum Gasteiger partial charge on any atom is 0.255 e. The average molecular weight is 374 g/mol. The first-order valence-corrected chi connectivity index (χ1v) is 9.25. The van der Waals surface area contributed by atoms with Crippen LogP contribution < -0.4 is 15.0 Å². The van der Waals surface area contributed by atoms with Gasteiger partial charge < -0.3 is 20.1 Å². The Balaban J connectivity index is 1.72. The van der Waals surface area contributed by atoms with Gasteiger partial charge in [0.1, 0.15) is 6.17 Å². The van der Waals surface area contributed by atoms with Crippen LogP contribution in [0.5, 0.6) is 11.5 Å². The Labute approximate surface area is 164 Å². The quantitative estimate of drug-likeness (QED) is 0.711. The van der Waals surface area contributed by atoms with Crippen LogP contribution in [0.1, 0.15) is 27.7 Å². The molecule has 4 rings (SSSR count). The van der Waals surface area contributed by atoms with E-state index in [9.17, 15) is 9.90 Å². The highest BCUT2D eigenvalue weighted by atomic mass is 16.5. The lowest BCUT2D eigenvalue weighted by Crippen LogP contribution is -2.47. The Kier molecular flexibility index (Phi) is 4.89. The zero-order valence-corrected chi connectivity index (χ0v) is 15.6. The van der Waals surface area contributed by atoms with Crippen LogP contribution in [0.3, 0.4) is 0 Å². The van der Waals surface area contributed by atoms with Gasteiger partial charge in [0.25, 0.3) is 5.91 Å². The van der Waals surface area contributed by atoms with E-state index in [1.807, 2.05) is 48.5 Å². The second-order valence-electron chi connectivity index (χ2n) is 6.75. The SMILES string of the molecule is COc1cc([C@H]2NC(=O)c3ccccc3N2CCc2ccccc2)ccc1O. The van der Waals surface area contributed by atoms with Crippen molar-refractivity contribution in [1.82, 2.24) is 5.32 Å². The van der Waals surface area contributed by atoms with Gasteiger partial charge in [0, 0.05) is 6.54 Å². The highest BCUT2D eigenvalue weighted by Gasteiger charge is 2.31. The van der Waals surface area contributed by atoms with E-state index in [1.54, 1.807) is 12.1 Å². The molecular weight excluding hydrogens is 352 g/mol. The van der Waals surface area contributed by atoms with Crippen LogP contribution in [0, 0.1) is 0 Å². The number of hydrogen-bond acceptors (Lipinski definition) is 4. The molecule has 0 fully saturated rings. The Bertz CT molecular complexity index is 988. The molecule has 0 saturated heterocycles. The number of benzene rings is 3. The molecule has 1 heterocycles. The number of phenolic OH excluding ortho intramolecular Hbond substituents is 1. The molecule has 3 aromatic rings. The number of carbonyl (C=O) groups is 1. The third kappa shape index (κ3) is 3.39. The molecular formula is C23H22N2O3. The van der Waals surface area contributed by atoms with E-state index in [4.69, 9.17) is 4.74 Å². The highest BCUT2D eigenvalue weighted by molar-refractivity contribution is 6.02. The number of amides is 1. The van der Waals surface area contributed by atoms with E-state index in [2.05, 4.69) is 22.3 Å². The lowest BCUT2D eigenvalue weighted by Gasteiger charge is -2.39. The lowest BCUT2D eigenvalue weighted by atomic mass is 10.0. The standard InChI is InChI=1S/C23H22N2O3/c1-28-21-15-17(11-12-20(21)26)22-24-23(27)18-9-5-6-10-19(18)25(22)14-13-16-7-3-2-4-8-16/h2-12,15,22,26H,13-14H2,1H3,(H,24,27)/t22-/m0/s1. The zero-order chi connectivity index (χ0) is 19.5. The van der Waals surface area contributed by atoms with Crippen molar-refractivity contribution in [3.8, 4) is 11.5 Å². The van der Waals surface area contributed by atoms with Crippen LogP contribution in [0.4, 0.5) is 5.69 Å². The first-order valence-electron chi connectivity index (χ1n) is 9.25. The molecule has 0 spiro atoms. The van der Waals surface area contributed by atoms with E-state index in [-0.39, 0.29) is 17.8 Å². The fourth-order valence-electron chi connectivity index (χ4n) is 3.61. The van der Waals surface area contributed by atoms with Gasteiger partial charge in [-0.3, -0.25) is 4.79 Å². The monoisotopic (exact) mass is 374 g/mol. The van der Waals surface area contributed by atoms with E-state index < -0.39 is 0 Å². The summed E-state index contributed by atoms with van der Waals surface area (Å²) in [6.07, 6.45) is 0.497. The van der Waals surface area contributed by atoms with Crippen LogP contribution in [0.15, 0.2) is 72.8 Å². The molecule has 1 amide bonds. The summed E-state index contributed by atoms with van der Waals surface area (Å²) in [5.74, 6) is 0.349. The van der Waals surface area contributed by atoms with Crippen LogP contribution in [-0.2, 0) is 6.42 Å². The van der Waals surface area contributed by atoms with Crippen molar-refractivity contribution in [3.05, 3.63) is 89.5 Å². The molecule has 2 N–H and O–H groups in total. The van der Waals surface area contributed by atoms with Gasteiger partial charge in [-0.1, -0.05) is 48.5 Å². The molecule has 1 atom stereocenters. The third-order valence-electron chi connectivity index (χ3n) is 5.04. The van der Waals surface area contributed by atoms with Gasteiger partial charge >= 0.3 is 0 Å². The van der Waals surface area contributed by atoms with Crippen molar-refractivity contribution >= 4 is 11.6 Å². The van der Waals surface area contributed by atoms with E-state index >= 15 is 0 Å². The molecule has 1 aliphatic rings. The van der Waals surface area contributed by atoms with Crippen molar-refractivity contribution in [2.45, 2.75) is 12.6 Å². The van der Waals surface area contributed by atoms with Crippen molar-refractivity contribution in [2.75, 3.05) is 18.6 Å². The molecule has 1 aliphatic heterocycles. The number of aromatic hydroxyl groups is 1. The van der Waals surface area contributed by atoms with Gasteiger partial charge in [-0.05, 0) is 41.8 Å². The second kappa shape index (κ2) is 7.64. The summed E-state index contributed by atoms with van der Waals surface area (Å²) < 4.78 is 5.26. The van der Waals surface area contributed by atoms with E-state index in [0.717, 1.165) is 24.2 Å². The Hall–Kier alpha value is -3.47.